The number of carbonyl (C=O) groups is 1. The molecule has 0 unspecified atom stereocenters. The zero-order valence-corrected chi connectivity index (χ0v) is 13.6. The first-order chi connectivity index (χ1) is 10.2. The number of methoxy groups -OCH3 is 1. The largest absolute Gasteiger partial charge is 0.496 e. The monoisotopic (exact) mass is 350 g/mol. The summed E-state index contributed by atoms with van der Waals surface area (Å²) in [5.74, 6) is 2.20. The van der Waals surface area contributed by atoms with Crippen molar-refractivity contribution in [1.82, 2.24) is 5.43 Å². The minimum absolute atomic E-state index is 0.0668. The lowest BCUT2D eigenvalue weighted by atomic mass is 10.0. The lowest BCUT2D eigenvalue weighted by molar-refractivity contribution is -0.122. The predicted octanol–water partition coefficient (Wildman–Crippen LogP) is 3.34. The van der Waals surface area contributed by atoms with Crippen LogP contribution in [-0.4, -0.2) is 19.2 Å². The molecule has 5 heteroatoms. The smallest absolute Gasteiger partial charge is 0.243 e. The van der Waals surface area contributed by atoms with Gasteiger partial charge in [-0.3, -0.25) is 4.79 Å². The van der Waals surface area contributed by atoms with E-state index < -0.39 is 0 Å². The molecule has 2 aliphatic rings. The quantitative estimate of drug-likeness (QED) is 0.668. The van der Waals surface area contributed by atoms with Crippen molar-refractivity contribution in [2.75, 3.05) is 7.11 Å². The van der Waals surface area contributed by atoms with Crippen molar-refractivity contribution in [2.24, 2.45) is 22.9 Å². The van der Waals surface area contributed by atoms with Crippen molar-refractivity contribution in [3.8, 4) is 5.75 Å². The van der Waals surface area contributed by atoms with Gasteiger partial charge in [0, 0.05) is 16.0 Å². The first-order valence-corrected chi connectivity index (χ1v) is 8.16. The van der Waals surface area contributed by atoms with Crippen molar-refractivity contribution < 1.29 is 9.53 Å². The van der Waals surface area contributed by atoms with E-state index in [9.17, 15) is 4.79 Å². The van der Waals surface area contributed by atoms with Crippen LogP contribution in [0.15, 0.2) is 27.8 Å². The first kappa shape index (κ1) is 14.6. The number of hydrogen-bond acceptors (Lipinski definition) is 3. The second-order valence-corrected chi connectivity index (χ2v) is 6.67. The van der Waals surface area contributed by atoms with Crippen LogP contribution in [0.2, 0.25) is 0 Å². The number of rotatable bonds is 4. The molecule has 1 amide bonds. The van der Waals surface area contributed by atoms with E-state index in [0.717, 1.165) is 15.8 Å². The van der Waals surface area contributed by atoms with Crippen molar-refractivity contribution in [3.05, 3.63) is 28.2 Å². The average molecular weight is 351 g/mol. The molecule has 0 saturated heterocycles. The van der Waals surface area contributed by atoms with Crippen LogP contribution in [0.1, 0.15) is 31.2 Å². The summed E-state index contributed by atoms with van der Waals surface area (Å²) in [7, 11) is 1.62. The molecule has 0 aromatic heterocycles. The highest BCUT2D eigenvalue weighted by molar-refractivity contribution is 9.10. The number of nitrogens with one attached hydrogen (secondary N) is 1. The summed E-state index contributed by atoms with van der Waals surface area (Å²) in [4.78, 5) is 12.1. The van der Waals surface area contributed by atoms with Crippen LogP contribution in [0.3, 0.4) is 0 Å². The Morgan fingerprint density at radius 3 is 2.76 bits per heavy atom. The van der Waals surface area contributed by atoms with E-state index in [1.54, 1.807) is 13.3 Å². The molecule has 2 fully saturated rings. The topological polar surface area (TPSA) is 50.7 Å². The van der Waals surface area contributed by atoms with Gasteiger partial charge in [0.25, 0.3) is 0 Å². The third-order valence-electron chi connectivity index (χ3n) is 4.53. The number of hydrogen-bond donors (Lipinski definition) is 1. The SMILES string of the molecule is COc1ccc(Br)cc1C=NNC(=O)C1[C@@H]2CCCC[C@@H]12. The van der Waals surface area contributed by atoms with Gasteiger partial charge >= 0.3 is 0 Å². The van der Waals surface area contributed by atoms with Crippen LogP contribution in [-0.2, 0) is 4.79 Å². The van der Waals surface area contributed by atoms with Gasteiger partial charge in [0.05, 0.1) is 13.3 Å². The van der Waals surface area contributed by atoms with E-state index in [0.29, 0.717) is 11.8 Å². The summed E-state index contributed by atoms with van der Waals surface area (Å²) in [6.07, 6.45) is 6.57. The van der Waals surface area contributed by atoms with Gasteiger partial charge in [-0.2, -0.15) is 5.10 Å². The molecule has 2 atom stereocenters. The van der Waals surface area contributed by atoms with E-state index in [1.807, 2.05) is 18.2 Å². The Labute approximate surface area is 133 Å². The number of halogens is 1. The van der Waals surface area contributed by atoms with Gasteiger partial charge in [0.1, 0.15) is 5.75 Å². The van der Waals surface area contributed by atoms with Gasteiger partial charge < -0.3 is 4.74 Å². The first-order valence-electron chi connectivity index (χ1n) is 7.37. The summed E-state index contributed by atoms with van der Waals surface area (Å²) >= 11 is 3.42. The molecule has 1 aromatic carbocycles. The lowest BCUT2D eigenvalue weighted by Gasteiger charge is -2.04. The summed E-state index contributed by atoms with van der Waals surface area (Å²) < 4.78 is 6.22. The molecular weight excluding hydrogens is 332 g/mol. The molecule has 0 radical (unpaired) electrons. The fraction of sp³-hybridized carbons (Fsp3) is 0.500. The van der Waals surface area contributed by atoms with Gasteiger partial charge in [0.2, 0.25) is 5.91 Å². The number of fused-ring (bicyclic) bond motifs is 1. The van der Waals surface area contributed by atoms with Gasteiger partial charge in [0.15, 0.2) is 0 Å². The zero-order chi connectivity index (χ0) is 14.8. The number of ether oxygens (including phenoxy) is 1. The molecule has 0 bridgehead atoms. The average Bonchev–Trinajstić information content (AvgIpc) is 3.22. The van der Waals surface area contributed by atoms with Crippen LogP contribution in [0.25, 0.3) is 0 Å². The molecule has 3 rings (SSSR count). The summed E-state index contributed by atoms with van der Waals surface area (Å²) in [5, 5.41) is 4.09. The number of amides is 1. The van der Waals surface area contributed by atoms with Gasteiger partial charge in [-0.25, -0.2) is 5.43 Å². The molecule has 2 aliphatic carbocycles. The van der Waals surface area contributed by atoms with E-state index in [2.05, 4.69) is 26.5 Å². The van der Waals surface area contributed by atoms with Crippen molar-refractivity contribution >= 4 is 28.1 Å². The Morgan fingerprint density at radius 1 is 1.38 bits per heavy atom. The lowest BCUT2D eigenvalue weighted by Crippen LogP contribution is -2.20. The minimum atomic E-state index is 0.0668. The summed E-state index contributed by atoms with van der Waals surface area (Å²) in [6, 6.07) is 5.68. The summed E-state index contributed by atoms with van der Waals surface area (Å²) in [5.41, 5.74) is 3.51. The van der Waals surface area contributed by atoms with E-state index in [-0.39, 0.29) is 11.8 Å². The second-order valence-electron chi connectivity index (χ2n) is 5.76. The highest BCUT2D eigenvalue weighted by Crippen LogP contribution is 2.55. The van der Waals surface area contributed by atoms with E-state index in [1.165, 1.54) is 25.7 Å². The van der Waals surface area contributed by atoms with Crippen LogP contribution in [0.4, 0.5) is 0 Å². The minimum Gasteiger partial charge on any atom is -0.496 e. The highest BCUT2D eigenvalue weighted by atomic mass is 79.9. The molecule has 21 heavy (non-hydrogen) atoms. The van der Waals surface area contributed by atoms with Crippen LogP contribution in [0, 0.1) is 17.8 Å². The number of nitrogens with zero attached hydrogens (tertiary/aromatic N) is 1. The molecule has 0 spiro atoms. The van der Waals surface area contributed by atoms with Crippen molar-refractivity contribution in [3.63, 3.8) is 0 Å². The Hall–Kier alpha value is -1.36. The van der Waals surface area contributed by atoms with Gasteiger partial charge in [-0.05, 0) is 42.9 Å². The van der Waals surface area contributed by atoms with Crippen molar-refractivity contribution in [2.45, 2.75) is 25.7 Å². The molecule has 2 saturated carbocycles. The predicted molar refractivity (Wildman–Crippen MR) is 85.4 cm³/mol. The fourth-order valence-corrected chi connectivity index (χ4v) is 3.81. The standard InChI is InChI=1S/C16H19BrN2O2/c1-21-14-7-6-11(17)8-10(14)9-18-19-16(20)15-12-4-2-3-5-13(12)15/h6-9,12-13,15H,2-5H2,1H3,(H,19,20)/t12-,13-/m1/s1. The van der Waals surface area contributed by atoms with Crippen LogP contribution < -0.4 is 10.2 Å². The van der Waals surface area contributed by atoms with Gasteiger partial charge in [-0.15, -0.1) is 0 Å². The molecule has 0 heterocycles. The third kappa shape index (κ3) is 3.12. The molecule has 0 aliphatic heterocycles. The maximum Gasteiger partial charge on any atom is 0.243 e. The Bertz CT molecular complexity index is 561. The Balaban J connectivity index is 1.60. The Morgan fingerprint density at radius 2 is 2.10 bits per heavy atom. The molecule has 1 N–H and O–H groups in total. The van der Waals surface area contributed by atoms with E-state index >= 15 is 0 Å². The molecular formula is C16H19BrN2O2. The third-order valence-corrected chi connectivity index (χ3v) is 5.02. The summed E-state index contributed by atoms with van der Waals surface area (Å²) in [6.45, 7) is 0. The van der Waals surface area contributed by atoms with Crippen molar-refractivity contribution in [1.29, 1.82) is 0 Å². The zero-order valence-electron chi connectivity index (χ0n) is 12.0. The Kier molecular flexibility index (Phi) is 4.29. The molecule has 112 valence electrons. The normalized spacial score (nSPS) is 27.2. The second kappa shape index (κ2) is 6.18. The molecule has 4 nitrogen and oxygen atoms in total. The van der Waals surface area contributed by atoms with E-state index in [4.69, 9.17) is 4.74 Å². The number of carbonyl (C=O) groups excluding carboxylic acids is 1. The fourth-order valence-electron chi connectivity index (χ4n) is 3.43. The maximum absolute atomic E-state index is 12.1. The number of hydrazone groups is 1. The van der Waals surface area contributed by atoms with Crippen LogP contribution >= 0.6 is 15.9 Å². The van der Waals surface area contributed by atoms with Gasteiger partial charge in [-0.1, -0.05) is 28.8 Å². The van der Waals surface area contributed by atoms with Crippen LogP contribution in [0.5, 0.6) is 5.75 Å². The number of benzene rings is 1. The molecule has 1 aromatic rings. The maximum atomic E-state index is 12.1. The highest BCUT2D eigenvalue weighted by Gasteiger charge is 2.54.